The smallest absolute Gasteiger partial charge is 0.303 e. The van der Waals surface area contributed by atoms with Gasteiger partial charge in [-0.05, 0) is 43.1 Å². The van der Waals surface area contributed by atoms with Crippen molar-refractivity contribution in [3.63, 3.8) is 0 Å². The number of aliphatic carboxylic acids is 1. The van der Waals surface area contributed by atoms with E-state index in [1.54, 1.807) is 0 Å². The van der Waals surface area contributed by atoms with E-state index in [9.17, 15) is 14.4 Å². The highest BCUT2D eigenvalue weighted by molar-refractivity contribution is 5.88. The molecule has 2 rings (SSSR count). The summed E-state index contributed by atoms with van der Waals surface area (Å²) in [6.07, 6.45) is 2.42. The Balaban J connectivity index is 0.00000182. The van der Waals surface area contributed by atoms with Crippen LogP contribution in [0.4, 0.5) is 0 Å². The maximum atomic E-state index is 12.7. The van der Waals surface area contributed by atoms with Crippen molar-refractivity contribution < 1.29 is 19.5 Å². The van der Waals surface area contributed by atoms with Gasteiger partial charge in [0.1, 0.15) is 6.04 Å². The van der Waals surface area contributed by atoms with Gasteiger partial charge in [0, 0.05) is 19.4 Å². The zero-order valence-electron chi connectivity index (χ0n) is 19.5. The lowest BCUT2D eigenvalue weighted by Gasteiger charge is -2.19. The molecule has 0 unspecified atom stereocenters. The van der Waals surface area contributed by atoms with Gasteiger partial charge in [-0.15, -0.1) is 0 Å². The molecule has 9 nitrogen and oxygen atoms in total. The van der Waals surface area contributed by atoms with Crippen LogP contribution in [-0.2, 0) is 20.8 Å². The summed E-state index contributed by atoms with van der Waals surface area (Å²) < 4.78 is 0. The number of benzene rings is 2. The van der Waals surface area contributed by atoms with Crippen molar-refractivity contribution >= 4 is 24.1 Å². The number of amides is 2. The normalized spacial score (nSPS) is 10.9. The van der Waals surface area contributed by atoms with E-state index in [4.69, 9.17) is 10.5 Å². The van der Waals surface area contributed by atoms with Gasteiger partial charge in [0.05, 0.1) is 12.8 Å². The molecule has 0 heterocycles. The number of hydrogen-bond acceptors (Lipinski definition) is 5. The van der Waals surface area contributed by atoms with Crippen molar-refractivity contribution in [3.05, 3.63) is 60.2 Å². The lowest BCUT2D eigenvalue weighted by Crippen LogP contribution is -2.48. The molecule has 184 valence electrons. The van der Waals surface area contributed by atoms with Crippen LogP contribution < -0.4 is 21.7 Å². The van der Waals surface area contributed by atoms with Crippen LogP contribution >= 0.6 is 0 Å². The third-order valence-corrected chi connectivity index (χ3v) is 4.87. The molecular weight excluding hydrogens is 434 g/mol. The molecule has 0 aliphatic carbocycles. The lowest BCUT2D eigenvalue weighted by molar-refractivity contribution is -0.139. The number of unbranched alkanes of at least 4 members (excludes halogenated alkanes) is 1. The van der Waals surface area contributed by atoms with Crippen molar-refractivity contribution in [2.24, 2.45) is 5.73 Å². The molecule has 0 radical (unpaired) electrons. The molecule has 2 aromatic rings. The van der Waals surface area contributed by atoms with Crippen LogP contribution in [0.15, 0.2) is 54.6 Å². The van der Waals surface area contributed by atoms with Crippen molar-refractivity contribution in [1.29, 1.82) is 5.41 Å². The predicted molar refractivity (Wildman–Crippen MR) is 134 cm³/mol. The summed E-state index contributed by atoms with van der Waals surface area (Å²) >= 11 is 0. The molecule has 0 aliphatic heterocycles. The van der Waals surface area contributed by atoms with E-state index in [1.807, 2.05) is 61.6 Å². The summed E-state index contributed by atoms with van der Waals surface area (Å²) in [5.41, 5.74) is 7.47. The Bertz CT molecular complexity index is 888. The average Bonchev–Trinajstić information content (AvgIpc) is 2.83. The van der Waals surface area contributed by atoms with Gasteiger partial charge >= 0.3 is 5.97 Å². The topological polar surface area (TPSA) is 157 Å². The molecule has 9 heteroatoms. The number of carboxylic acids is 1. The Morgan fingerprint density at radius 1 is 0.971 bits per heavy atom. The monoisotopic (exact) mass is 469 g/mol. The van der Waals surface area contributed by atoms with Gasteiger partial charge < -0.3 is 26.8 Å². The second-order valence-corrected chi connectivity index (χ2v) is 7.55. The molecule has 2 aromatic carbocycles. The third kappa shape index (κ3) is 11.8. The second-order valence-electron chi connectivity index (χ2n) is 7.55. The fourth-order valence-electron chi connectivity index (χ4n) is 3.16. The summed E-state index contributed by atoms with van der Waals surface area (Å²) in [5, 5.41) is 23.3. The van der Waals surface area contributed by atoms with Crippen molar-refractivity contribution in [1.82, 2.24) is 16.0 Å². The Morgan fingerprint density at radius 3 is 2.15 bits per heavy atom. The van der Waals surface area contributed by atoms with E-state index in [0.29, 0.717) is 13.0 Å². The Hall–Kier alpha value is -3.72. The van der Waals surface area contributed by atoms with Crippen LogP contribution in [-0.4, -0.2) is 55.4 Å². The maximum Gasteiger partial charge on any atom is 0.303 e. The largest absolute Gasteiger partial charge is 0.481 e. The van der Waals surface area contributed by atoms with Gasteiger partial charge in [-0.1, -0.05) is 54.6 Å². The maximum absolute atomic E-state index is 12.7. The fraction of sp³-hybridized carbons (Fsp3) is 0.360. The van der Waals surface area contributed by atoms with Gasteiger partial charge in [0.15, 0.2) is 0 Å². The van der Waals surface area contributed by atoms with E-state index in [0.717, 1.165) is 42.4 Å². The highest BCUT2D eigenvalue weighted by atomic mass is 16.4. The van der Waals surface area contributed by atoms with E-state index >= 15 is 0 Å². The first-order valence-electron chi connectivity index (χ1n) is 11.2. The van der Waals surface area contributed by atoms with Gasteiger partial charge in [0.25, 0.3) is 0 Å². The summed E-state index contributed by atoms with van der Waals surface area (Å²) in [7, 11) is 1.88. The molecule has 0 saturated carbocycles. The SMILES string of the molecule is CNCCCCNC(=O)[C@@H](Cc1ccc(-c2ccccc2)cc1)NC(=O)CCC(=O)O.N=CN. The highest BCUT2D eigenvalue weighted by Gasteiger charge is 2.21. The first-order valence-corrected chi connectivity index (χ1v) is 11.2. The molecule has 0 aromatic heterocycles. The van der Waals surface area contributed by atoms with Crippen LogP contribution in [0.5, 0.6) is 0 Å². The average molecular weight is 470 g/mol. The zero-order chi connectivity index (χ0) is 25.2. The number of carboxylic acid groups (broad SMARTS) is 1. The Kier molecular flexibility index (Phi) is 14.0. The predicted octanol–water partition coefficient (Wildman–Crippen LogP) is 1.91. The molecule has 0 bridgehead atoms. The van der Waals surface area contributed by atoms with Gasteiger partial charge in [-0.3, -0.25) is 19.8 Å². The second kappa shape index (κ2) is 16.8. The number of nitrogens with two attached hydrogens (primary N) is 1. The van der Waals surface area contributed by atoms with Gasteiger partial charge in [-0.25, -0.2) is 0 Å². The van der Waals surface area contributed by atoms with Crippen LogP contribution in [0.25, 0.3) is 11.1 Å². The molecule has 0 spiro atoms. The summed E-state index contributed by atoms with van der Waals surface area (Å²) in [6, 6.07) is 17.1. The summed E-state index contributed by atoms with van der Waals surface area (Å²) in [4.78, 5) is 35.6. The van der Waals surface area contributed by atoms with E-state index in [1.165, 1.54) is 0 Å². The highest BCUT2D eigenvalue weighted by Crippen LogP contribution is 2.19. The molecule has 2 amide bonds. The minimum atomic E-state index is -1.04. The summed E-state index contributed by atoms with van der Waals surface area (Å²) in [5.74, 6) is -1.75. The fourth-order valence-corrected chi connectivity index (χ4v) is 3.16. The van der Waals surface area contributed by atoms with Gasteiger partial charge in [0.2, 0.25) is 11.8 Å². The Morgan fingerprint density at radius 2 is 1.56 bits per heavy atom. The van der Waals surface area contributed by atoms with Crippen LogP contribution in [0.3, 0.4) is 0 Å². The quantitative estimate of drug-likeness (QED) is 0.149. The van der Waals surface area contributed by atoms with E-state index < -0.39 is 17.9 Å². The minimum Gasteiger partial charge on any atom is -0.481 e. The van der Waals surface area contributed by atoms with Crippen molar-refractivity contribution in [3.8, 4) is 11.1 Å². The standard InChI is InChI=1S/C24H31N3O4.CH4N2/c1-25-15-5-6-16-26-24(31)21(27-22(28)13-14-23(29)30)17-18-9-11-20(12-10-18)19-7-3-2-4-8-19;2-1-3/h2-4,7-12,21,25H,5-6,13-17H2,1H3,(H,26,31)(H,27,28)(H,29,30);1H,(H3,2,3)/t21-;/m1./s1. The van der Waals surface area contributed by atoms with E-state index in [-0.39, 0.29) is 18.7 Å². The molecule has 34 heavy (non-hydrogen) atoms. The molecular formula is C25H35N5O4. The Labute approximate surface area is 200 Å². The minimum absolute atomic E-state index is 0.159. The first-order chi connectivity index (χ1) is 16.4. The number of carbonyl (C=O) groups excluding carboxylic acids is 2. The zero-order valence-corrected chi connectivity index (χ0v) is 19.5. The van der Waals surface area contributed by atoms with Crippen molar-refractivity contribution in [2.45, 2.75) is 38.1 Å². The number of hydrogen-bond donors (Lipinski definition) is 6. The lowest BCUT2D eigenvalue weighted by atomic mass is 10.00. The van der Waals surface area contributed by atoms with Gasteiger partial charge in [-0.2, -0.15) is 0 Å². The van der Waals surface area contributed by atoms with Crippen LogP contribution in [0.2, 0.25) is 0 Å². The van der Waals surface area contributed by atoms with Crippen LogP contribution in [0.1, 0.15) is 31.2 Å². The molecule has 7 N–H and O–H groups in total. The number of rotatable bonds is 13. The van der Waals surface area contributed by atoms with Crippen molar-refractivity contribution in [2.75, 3.05) is 20.1 Å². The molecule has 1 atom stereocenters. The van der Waals surface area contributed by atoms with E-state index in [2.05, 4.69) is 21.7 Å². The van der Waals surface area contributed by atoms with Crippen LogP contribution in [0, 0.1) is 5.41 Å². The molecule has 0 saturated heterocycles. The molecule has 0 fully saturated rings. The number of carbonyl (C=O) groups is 3. The summed E-state index contributed by atoms with van der Waals surface area (Å²) in [6.45, 7) is 1.40. The number of nitrogens with one attached hydrogen (secondary N) is 4. The first kappa shape index (κ1) is 28.3. The third-order valence-electron chi connectivity index (χ3n) is 4.87. The molecule has 0 aliphatic rings.